The van der Waals surface area contributed by atoms with E-state index in [-0.39, 0.29) is 30.0 Å². The third-order valence-electron chi connectivity index (χ3n) is 5.62. The summed E-state index contributed by atoms with van der Waals surface area (Å²) in [6, 6.07) is 22.5. The van der Waals surface area contributed by atoms with Crippen molar-refractivity contribution in [2.24, 2.45) is 0 Å². The Morgan fingerprint density at radius 3 is 2.18 bits per heavy atom. The zero-order chi connectivity index (χ0) is 27.3. The molecule has 1 heterocycles. The van der Waals surface area contributed by atoms with Crippen LogP contribution in [-0.4, -0.2) is 42.7 Å². The van der Waals surface area contributed by atoms with Crippen LogP contribution >= 0.6 is 0 Å². The molecule has 9 heteroatoms. The Morgan fingerprint density at radius 1 is 0.846 bits per heavy atom. The van der Waals surface area contributed by atoms with Crippen molar-refractivity contribution in [1.29, 1.82) is 0 Å². The fourth-order valence-electron chi connectivity index (χ4n) is 3.72. The number of benzene rings is 3. The lowest BCUT2D eigenvalue weighted by atomic mass is 10.1. The molecular formula is C30H28FNO7. The normalized spacial score (nSPS) is 16.5. The summed E-state index contributed by atoms with van der Waals surface area (Å²) in [5.74, 6) is 6.62. The van der Waals surface area contributed by atoms with Crippen molar-refractivity contribution in [3.05, 3.63) is 90.7 Å². The van der Waals surface area contributed by atoms with Gasteiger partial charge in [-0.25, -0.2) is 14.0 Å². The molecule has 2 atom stereocenters. The van der Waals surface area contributed by atoms with Crippen LogP contribution < -0.4 is 14.2 Å². The number of amides is 1. The van der Waals surface area contributed by atoms with E-state index in [1.807, 2.05) is 0 Å². The van der Waals surface area contributed by atoms with Crippen molar-refractivity contribution < 1.29 is 37.8 Å². The Bertz CT molecular complexity index is 1260. The first-order valence-corrected chi connectivity index (χ1v) is 12.6. The van der Waals surface area contributed by atoms with Gasteiger partial charge in [0.05, 0.1) is 6.10 Å². The zero-order valence-electron chi connectivity index (χ0n) is 21.2. The summed E-state index contributed by atoms with van der Waals surface area (Å²) in [6.45, 7) is 0.0277. The second kappa shape index (κ2) is 14.4. The van der Waals surface area contributed by atoms with E-state index in [2.05, 4.69) is 11.8 Å². The number of nitrogens with zero attached hydrogens (tertiary/aromatic N) is 1. The Morgan fingerprint density at radius 2 is 1.49 bits per heavy atom. The first kappa shape index (κ1) is 27.5. The van der Waals surface area contributed by atoms with E-state index >= 15 is 0 Å². The molecule has 1 saturated heterocycles. The minimum absolute atomic E-state index is 0.201. The number of halogens is 1. The molecule has 0 N–H and O–H groups in total. The Balaban J connectivity index is 1.36. The molecule has 0 saturated carbocycles. The van der Waals surface area contributed by atoms with Crippen LogP contribution in [0.25, 0.3) is 0 Å². The summed E-state index contributed by atoms with van der Waals surface area (Å²) in [5, 5.41) is 0.692. The van der Waals surface area contributed by atoms with Crippen LogP contribution in [0.4, 0.5) is 14.0 Å². The van der Waals surface area contributed by atoms with Crippen LogP contribution in [0.2, 0.25) is 0 Å². The Kier molecular flexibility index (Phi) is 10.2. The summed E-state index contributed by atoms with van der Waals surface area (Å²) in [5.41, 5.74) is 0. The van der Waals surface area contributed by atoms with Gasteiger partial charge in [0.15, 0.2) is 0 Å². The van der Waals surface area contributed by atoms with Crippen molar-refractivity contribution in [3.8, 4) is 29.1 Å². The Hall–Kier alpha value is -4.55. The molecule has 39 heavy (non-hydrogen) atoms. The second-order valence-corrected chi connectivity index (χ2v) is 8.59. The molecule has 4 rings (SSSR count). The SMILES string of the molecule is O=C(Oc1ccccc1)ON(CC#C[C@@H]1CCCC[C@@H](COc2ccc(F)cc2)O1)C(=O)Oc1ccccc1. The van der Waals surface area contributed by atoms with E-state index in [9.17, 15) is 14.0 Å². The van der Waals surface area contributed by atoms with Gasteiger partial charge < -0.3 is 18.9 Å². The maximum absolute atomic E-state index is 13.1. The van der Waals surface area contributed by atoms with Crippen molar-refractivity contribution in [2.45, 2.75) is 37.9 Å². The highest BCUT2D eigenvalue weighted by Crippen LogP contribution is 2.20. The van der Waals surface area contributed by atoms with E-state index in [4.69, 9.17) is 23.8 Å². The van der Waals surface area contributed by atoms with Crippen molar-refractivity contribution in [1.82, 2.24) is 5.06 Å². The van der Waals surface area contributed by atoms with Gasteiger partial charge in [0.1, 0.15) is 42.3 Å². The van der Waals surface area contributed by atoms with Gasteiger partial charge in [0.2, 0.25) is 0 Å². The van der Waals surface area contributed by atoms with Crippen LogP contribution in [-0.2, 0) is 9.57 Å². The molecule has 0 unspecified atom stereocenters. The highest BCUT2D eigenvalue weighted by Gasteiger charge is 2.23. The van der Waals surface area contributed by atoms with Crippen LogP contribution in [0.1, 0.15) is 25.7 Å². The van der Waals surface area contributed by atoms with E-state index < -0.39 is 18.4 Å². The van der Waals surface area contributed by atoms with Gasteiger partial charge in [-0.05, 0) is 67.8 Å². The molecule has 0 radical (unpaired) electrons. The van der Waals surface area contributed by atoms with Gasteiger partial charge >= 0.3 is 12.2 Å². The lowest BCUT2D eigenvalue weighted by Crippen LogP contribution is -2.37. The second-order valence-electron chi connectivity index (χ2n) is 8.59. The number of hydrogen-bond donors (Lipinski definition) is 0. The van der Waals surface area contributed by atoms with Gasteiger partial charge in [-0.15, -0.1) is 5.06 Å². The predicted octanol–water partition coefficient (Wildman–Crippen LogP) is 6.17. The fraction of sp³-hybridized carbons (Fsp3) is 0.267. The average Bonchev–Trinajstić information content (AvgIpc) is 3.18. The predicted molar refractivity (Wildman–Crippen MR) is 140 cm³/mol. The minimum Gasteiger partial charge on any atom is -0.491 e. The van der Waals surface area contributed by atoms with Crippen LogP contribution in [0.3, 0.4) is 0 Å². The molecule has 202 valence electrons. The van der Waals surface area contributed by atoms with Gasteiger partial charge in [-0.1, -0.05) is 54.7 Å². The summed E-state index contributed by atoms with van der Waals surface area (Å²) >= 11 is 0. The summed E-state index contributed by atoms with van der Waals surface area (Å²) in [4.78, 5) is 30.2. The number of para-hydroxylation sites is 2. The molecule has 0 aliphatic carbocycles. The number of hydrogen-bond acceptors (Lipinski definition) is 7. The number of carbonyl (C=O) groups is 2. The molecule has 1 amide bonds. The smallest absolute Gasteiger partial charge is 0.491 e. The molecule has 0 bridgehead atoms. The zero-order valence-corrected chi connectivity index (χ0v) is 21.2. The van der Waals surface area contributed by atoms with Crippen molar-refractivity contribution >= 4 is 12.2 Å². The number of rotatable bonds is 6. The first-order chi connectivity index (χ1) is 19.0. The summed E-state index contributed by atoms with van der Waals surface area (Å²) in [7, 11) is 0. The maximum atomic E-state index is 13.1. The molecule has 1 fully saturated rings. The molecule has 3 aromatic carbocycles. The molecule has 3 aromatic rings. The van der Waals surface area contributed by atoms with E-state index in [1.54, 1.807) is 72.8 Å². The molecule has 1 aliphatic heterocycles. The average molecular weight is 534 g/mol. The molecule has 0 spiro atoms. The topological polar surface area (TPSA) is 83.5 Å². The number of carbonyl (C=O) groups excluding carboxylic acids is 2. The van der Waals surface area contributed by atoms with Crippen LogP contribution in [0.15, 0.2) is 84.9 Å². The highest BCUT2D eigenvalue weighted by molar-refractivity contribution is 5.72. The monoisotopic (exact) mass is 533 g/mol. The molecule has 1 aliphatic rings. The van der Waals surface area contributed by atoms with Crippen LogP contribution in [0, 0.1) is 17.7 Å². The Labute approximate surface area is 226 Å². The summed E-state index contributed by atoms with van der Waals surface area (Å²) < 4.78 is 35.4. The molecule has 0 aromatic heterocycles. The summed E-state index contributed by atoms with van der Waals surface area (Å²) in [6.07, 6.45) is 0.690. The van der Waals surface area contributed by atoms with Crippen molar-refractivity contribution in [2.75, 3.05) is 13.2 Å². The standard InChI is InChI=1S/C30H28FNO7/c31-23-17-19-24(20-18-23)35-22-28-15-8-7-14-25(36-28)16-9-21-32(29(33)37-26-10-3-1-4-11-26)39-30(34)38-27-12-5-2-6-13-27/h1-6,10-13,17-20,25,28H,7-8,14-15,21-22H2/t25-,28-/m0/s1. The third kappa shape index (κ3) is 9.36. The van der Waals surface area contributed by atoms with Gasteiger partial charge in [0, 0.05) is 0 Å². The van der Waals surface area contributed by atoms with E-state index in [1.165, 1.54) is 12.1 Å². The quantitative estimate of drug-likeness (QED) is 0.162. The molecule has 8 nitrogen and oxygen atoms in total. The number of hydroxylamine groups is 2. The van der Waals surface area contributed by atoms with E-state index in [0.29, 0.717) is 23.8 Å². The molecular weight excluding hydrogens is 505 g/mol. The highest BCUT2D eigenvalue weighted by atomic mass is 19.1. The number of ether oxygens (including phenoxy) is 4. The van der Waals surface area contributed by atoms with E-state index in [0.717, 1.165) is 19.3 Å². The lowest BCUT2D eigenvalue weighted by Gasteiger charge is -2.19. The van der Waals surface area contributed by atoms with Crippen molar-refractivity contribution in [3.63, 3.8) is 0 Å². The van der Waals surface area contributed by atoms with Gasteiger partial charge in [-0.2, -0.15) is 0 Å². The third-order valence-corrected chi connectivity index (χ3v) is 5.62. The first-order valence-electron chi connectivity index (χ1n) is 12.6. The largest absolute Gasteiger partial charge is 0.539 e. The lowest BCUT2D eigenvalue weighted by molar-refractivity contribution is -0.0808. The van der Waals surface area contributed by atoms with Gasteiger partial charge in [-0.3, -0.25) is 4.84 Å². The van der Waals surface area contributed by atoms with Gasteiger partial charge in [0.25, 0.3) is 0 Å². The fourth-order valence-corrected chi connectivity index (χ4v) is 3.72. The minimum atomic E-state index is -1.11. The van der Waals surface area contributed by atoms with Crippen LogP contribution in [0.5, 0.6) is 17.2 Å². The maximum Gasteiger partial charge on any atom is 0.539 e.